The maximum atomic E-state index is 13.8. The Morgan fingerprint density at radius 1 is 1.11 bits per heavy atom. The van der Waals surface area contributed by atoms with Crippen LogP contribution >= 0.6 is 11.3 Å². The first-order valence-corrected chi connectivity index (χ1v) is 12.1. The summed E-state index contributed by atoms with van der Waals surface area (Å²) in [5, 5.41) is 11.5. The number of fused-ring (bicyclic) bond motifs is 1. The molecule has 0 radical (unpaired) electrons. The number of thiazole rings is 1. The number of ketones is 1. The highest BCUT2D eigenvalue weighted by molar-refractivity contribution is 7.22. The third-order valence-corrected chi connectivity index (χ3v) is 6.93. The highest BCUT2D eigenvalue weighted by Crippen LogP contribution is 2.44. The summed E-state index contributed by atoms with van der Waals surface area (Å²) in [6.07, 6.45) is 1.62. The predicted octanol–water partition coefficient (Wildman–Crippen LogP) is 5.64. The Labute approximate surface area is 215 Å². The monoisotopic (exact) mass is 516 g/mol. The zero-order valence-corrected chi connectivity index (χ0v) is 20.5. The van der Waals surface area contributed by atoms with Crippen LogP contribution in [-0.2, 0) is 9.59 Å². The summed E-state index contributed by atoms with van der Waals surface area (Å²) in [7, 11) is 1.52. The van der Waals surface area contributed by atoms with Crippen LogP contribution in [0.1, 0.15) is 17.2 Å². The first-order chi connectivity index (χ1) is 17.9. The summed E-state index contributed by atoms with van der Waals surface area (Å²) >= 11 is 1.09. The Hall–Kier alpha value is -4.50. The highest BCUT2D eigenvalue weighted by atomic mass is 32.1. The van der Waals surface area contributed by atoms with Crippen LogP contribution in [0.5, 0.6) is 11.5 Å². The molecule has 1 amide bonds. The molecule has 4 aromatic rings. The first kappa shape index (κ1) is 24.2. The molecule has 1 atom stereocenters. The second-order valence-corrected chi connectivity index (χ2v) is 9.18. The van der Waals surface area contributed by atoms with Crippen LogP contribution in [0.15, 0.2) is 85.0 Å². The number of rotatable bonds is 7. The van der Waals surface area contributed by atoms with Crippen LogP contribution in [0.3, 0.4) is 0 Å². The van der Waals surface area contributed by atoms with Gasteiger partial charge >= 0.3 is 5.91 Å². The zero-order chi connectivity index (χ0) is 26.1. The second kappa shape index (κ2) is 9.87. The minimum Gasteiger partial charge on any atom is -0.507 e. The number of carbonyl (C=O) groups is 2. The van der Waals surface area contributed by atoms with E-state index in [-0.39, 0.29) is 16.5 Å². The summed E-state index contributed by atoms with van der Waals surface area (Å²) in [6, 6.07) is 16.5. The number of halogens is 1. The molecule has 9 heteroatoms. The number of anilines is 1. The van der Waals surface area contributed by atoms with E-state index in [1.54, 1.807) is 54.6 Å². The summed E-state index contributed by atoms with van der Waals surface area (Å²) < 4.78 is 25.1. The van der Waals surface area contributed by atoms with Crippen molar-refractivity contribution in [3.8, 4) is 11.5 Å². The lowest BCUT2D eigenvalue weighted by atomic mass is 9.95. The molecule has 1 unspecified atom stereocenters. The topological polar surface area (TPSA) is 89.0 Å². The molecular weight excluding hydrogens is 495 g/mol. The Balaban J connectivity index is 1.66. The van der Waals surface area contributed by atoms with E-state index in [2.05, 4.69) is 11.6 Å². The van der Waals surface area contributed by atoms with Gasteiger partial charge in [0.1, 0.15) is 29.7 Å². The number of ether oxygens (including phenoxy) is 2. The molecule has 1 fully saturated rings. The molecule has 5 rings (SSSR count). The Bertz CT molecular complexity index is 1540. The predicted molar refractivity (Wildman–Crippen MR) is 139 cm³/mol. The van der Waals surface area contributed by atoms with Gasteiger partial charge in [0, 0.05) is 5.56 Å². The van der Waals surface area contributed by atoms with Crippen LogP contribution in [0.2, 0.25) is 0 Å². The number of methoxy groups -OCH3 is 1. The van der Waals surface area contributed by atoms with E-state index in [4.69, 9.17) is 9.47 Å². The fourth-order valence-electron chi connectivity index (χ4n) is 4.14. The fraction of sp³-hybridized carbons (Fsp3) is 0.107. The molecule has 1 aliphatic rings. The molecule has 3 aromatic carbocycles. The molecular formula is C28H21FN2O5S. The van der Waals surface area contributed by atoms with Crippen LogP contribution < -0.4 is 14.4 Å². The minimum absolute atomic E-state index is 0.0830. The van der Waals surface area contributed by atoms with Gasteiger partial charge in [0.2, 0.25) is 0 Å². The molecule has 0 saturated carbocycles. The Kier molecular flexibility index (Phi) is 6.45. The average Bonchev–Trinajstić information content (AvgIpc) is 3.45. The van der Waals surface area contributed by atoms with Gasteiger partial charge in [-0.15, -0.1) is 0 Å². The normalized spacial score (nSPS) is 16.8. The van der Waals surface area contributed by atoms with E-state index < -0.39 is 23.5 Å². The highest BCUT2D eigenvalue weighted by Gasteiger charge is 2.48. The van der Waals surface area contributed by atoms with Crippen LogP contribution in [-0.4, -0.2) is 35.5 Å². The number of hydrogen-bond acceptors (Lipinski definition) is 7. The first-order valence-electron chi connectivity index (χ1n) is 11.3. The Morgan fingerprint density at radius 2 is 1.81 bits per heavy atom. The van der Waals surface area contributed by atoms with Crippen molar-refractivity contribution in [3.05, 3.63) is 102 Å². The average molecular weight is 517 g/mol. The van der Waals surface area contributed by atoms with Crippen LogP contribution in [0.25, 0.3) is 16.0 Å². The number of benzene rings is 3. The summed E-state index contributed by atoms with van der Waals surface area (Å²) in [5.41, 5.74) is 1.32. The van der Waals surface area contributed by atoms with E-state index in [0.29, 0.717) is 39.4 Å². The lowest BCUT2D eigenvalue weighted by Crippen LogP contribution is -2.29. The molecule has 0 bridgehead atoms. The van der Waals surface area contributed by atoms with Crippen molar-refractivity contribution >= 4 is 44.1 Å². The lowest BCUT2D eigenvalue weighted by molar-refractivity contribution is -0.132. The summed E-state index contributed by atoms with van der Waals surface area (Å²) in [5.74, 6) is -1.30. The molecule has 2 heterocycles. The van der Waals surface area contributed by atoms with Gasteiger partial charge in [-0.3, -0.25) is 14.5 Å². The van der Waals surface area contributed by atoms with Crippen molar-refractivity contribution < 1.29 is 28.6 Å². The van der Waals surface area contributed by atoms with E-state index >= 15 is 0 Å². The number of hydrogen-bond donors (Lipinski definition) is 1. The number of Topliss-reactive ketones (excluding diaryl/α,β-unsaturated/α-hetero) is 1. The molecule has 1 aliphatic heterocycles. The second-order valence-electron chi connectivity index (χ2n) is 8.17. The summed E-state index contributed by atoms with van der Waals surface area (Å²) in [4.78, 5) is 32.4. The minimum atomic E-state index is -0.971. The van der Waals surface area contributed by atoms with Gasteiger partial charge in [-0.1, -0.05) is 36.1 Å². The van der Waals surface area contributed by atoms with Crippen molar-refractivity contribution in [1.82, 2.24) is 4.98 Å². The van der Waals surface area contributed by atoms with Gasteiger partial charge in [-0.05, 0) is 60.2 Å². The molecule has 1 N–H and O–H groups in total. The van der Waals surface area contributed by atoms with Gasteiger partial charge in [0.15, 0.2) is 5.13 Å². The number of aliphatic hydroxyl groups excluding tert-OH is 1. The number of aromatic nitrogens is 1. The van der Waals surface area contributed by atoms with E-state index in [1.807, 2.05) is 0 Å². The van der Waals surface area contributed by atoms with Crippen molar-refractivity contribution in [2.24, 2.45) is 0 Å². The number of nitrogens with zero attached hydrogens (tertiary/aromatic N) is 2. The number of carbonyl (C=O) groups excluding carboxylic acids is 2. The molecule has 7 nitrogen and oxygen atoms in total. The molecule has 37 heavy (non-hydrogen) atoms. The number of amides is 1. The van der Waals surface area contributed by atoms with Crippen molar-refractivity contribution in [2.45, 2.75) is 6.04 Å². The maximum absolute atomic E-state index is 13.8. The molecule has 186 valence electrons. The quantitative estimate of drug-likeness (QED) is 0.148. The lowest BCUT2D eigenvalue weighted by Gasteiger charge is -2.23. The van der Waals surface area contributed by atoms with Crippen molar-refractivity contribution in [2.75, 3.05) is 18.6 Å². The van der Waals surface area contributed by atoms with Gasteiger partial charge < -0.3 is 14.6 Å². The van der Waals surface area contributed by atoms with Gasteiger partial charge in [-0.25, -0.2) is 9.37 Å². The largest absolute Gasteiger partial charge is 0.507 e. The van der Waals surface area contributed by atoms with Crippen LogP contribution in [0, 0.1) is 5.82 Å². The smallest absolute Gasteiger partial charge is 0.301 e. The van der Waals surface area contributed by atoms with Gasteiger partial charge in [-0.2, -0.15) is 0 Å². The molecule has 0 aliphatic carbocycles. The molecule has 1 saturated heterocycles. The standard InChI is InChI=1S/C28H21FN2O5S/c1-3-14-36-20-11-4-16(5-12-20)24-23(25(32)17-6-9-19(35-2)10-7-17)26(33)27(34)31(24)28-30-21-13-8-18(29)15-22(21)37-28/h3-13,15,24,32H,1,14H2,2H3/b25-23+. The molecule has 0 spiro atoms. The van der Waals surface area contributed by atoms with Gasteiger partial charge in [0.25, 0.3) is 5.78 Å². The third-order valence-electron chi connectivity index (χ3n) is 5.92. The Morgan fingerprint density at radius 3 is 2.49 bits per heavy atom. The van der Waals surface area contributed by atoms with E-state index in [9.17, 15) is 19.1 Å². The maximum Gasteiger partial charge on any atom is 0.301 e. The fourth-order valence-corrected chi connectivity index (χ4v) is 5.16. The van der Waals surface area contributed by atoms with Gasteiger partial charge in [0.05, 0.1) is 28.9 Å². The van der Waals surface area contributed by atoms with Crippen LogP contribution in [0.4, 0.5) is 9.52 Å². The summed E-state index contributed by atoms with van der Waals surface area (Å²) in [6.45, 7) is 3.95. The van der Waals surface area contributed by atoms with Crippen molar-refractivity contribution in [1.29, 1.82) is 0 Å². The number of aliphatic hydroxyl groups is 1. The zero-order valence-electron chi connectivity index (χ0n) is 19.7. The third kappa shape index (κ3) is 4.45. The SMILES string of the molecule is C=CCOc1ccc(C2/C(=C(\O)c3ccc(OC)cc3)C(=O)C(=O)N2c2nc3ccc(F)cc3s2)cc1. The van der Waals surface area contributed by atoms with E-state index in [0.717, 1.165) is 11.3 Å². The van der Waals surface area contributed by atoms with Crippen molar-refractivity contribution in [3.63, 3.8) is 0 Å². The molecule has 1 aromatic heterocycles. The van der Waals surface area contributed by atoms with E-state index in [1.165, 1.54) is 30.2 Å².